The first kappa shape index (κ1) is 19.8. The molecule has 1 fully saturated rings. The van der Waals surface area contributed by atoms with Gasteiger partial charge in [-0.1, -0.05) is 18.2 Å². The molecular formula is C23H26N4O4. The summed E-state index contributed by atoms with van der Waals surface area (Å²) < 4.78 is 13.3. The van der Waals surface area contributed by atoms with E-state index in [4.69, 9.17) is 14.1 Å². The summed E-state index contributed by atoms with van der Waals surface area (Å²) in [5.41, 5.74) is 2.32. The van der Waals surface area contributed by atoms with E-state index in [1.54, 1.807) is 4.90 Å². The molecule has 2 aliphatic rings. The van der Waals surface area contributed by atoms with Gasteiger partial charge in [-0.05, 0) is 19.9 Å². The first-order valence-electron chi connectivity index (χ1n) is 10.7. The summed E-state index contributed by atoms with van der Waals surface area (Å²) in [6, 6.07) is 7.48. The van der Waals surface area contributed by atoms with Crippen LogP contribution in [-0.4, -0.2) is 64.0 Å². The lowest BCUT2D eigenvalue weighted by molar-refractivity contribution is -0.134. The highest BCUT2D eigenvalue weighted by Crippen LogP contribution is 2.31. The maximum atomic E-state index is 13.3. The number of hydrogen-bond acceptors (Lipinski definition) is 5. The Balaban J connectivity index is 1.35. The molecule has 1 saturated heterocycles. The molecule has 0 aliphatic carbocycles. The largest absolute Gasteiger partial charge is 0.451 e. The Morgan fingerprint density at radius 2 is 1.90 bits per heavy atom. The van der Waals surface area contributed by atoms with E-state index in [0.29, 0.717) is 45.2 Å². The van der Waals surface area contributed by atoms with E-state index < -0.39 is 0 Å². The Hall–Kier alpha value is -3.13. The molecule has 0 N–H and O–H groups in total. The van der Waals surface area contributed by atoms with Crippen molar-refractivity contribution in [3.8, 4) is 0 Å². The summed E-state index contributed by atoms with van der Waals surface area (Å²) in [7, 11) is 0. The van der Waals surface area contributed by atoms with Crippen LogP contribution in [0.5, 0.6) is 0 Å². The molecule has 0 radical (unpaired) electrons. The minimum atomic E-state index is -0.207. The quantitative estimate of drug-likeness (QED) is 0.648. The van der Waals surface area contributed by atoms with Crippen molar-refractivity contribution in [2.24, 2.45) is 0 Å². The summed E-state index contributed by atoms with van der Waals surface area (Å²) in [6.07, 6.45) is 2.21. The van der Waals surface area contributed by atoms with E-state index in [-0.39, 0.29) is 24.3 Å². The van der Waals surface area contributed by atoms with Gasteiger partial charge >= 0.3 is 0 Å². The van der Waals surface area contributed by atoms with Crippen LogP contribution in [0, 0.1) is 6.92 Å². The summed E-state index contributed by atoms with van der Waals surface area (Å²) in [5.74, 6) is 1.13. The minimum Gasteiger partial charge on any atom is -0.451 e. The van der Waals surface area contributed by atoms with Gasteiger partial charge in [-0.15, -0.1) is 0 Å². The molecule has 0 bridgehead atoms. The van der Waals surface area contributed by atoms with Gasteiger partial charge in [0.1, 0.15) is 11.4 Å². The van der Waals surface area contributed by atoms with Crippen LogP contribution in [0.1, 0.15) is 40.6 Å². The number of morpholine rings is 1. The van der Waals surface area contributed by atoms with Crippen LogP contribution in [0.15, 0.2) is 34.9 Å². The maximum Gasteiger partial charge on any atom is 0.290 e. The molecular weight excluding hydrogens is 396 g/mol. The van der Waals surface area contributed by atoms with Crippen molar-refractivity contribution in [1.82, 2.24) is 19.4 Å². The fourth-order valence-corrected chi connectivity index (χ4v) is 4.50. The molecule has 162 valence electrons. The average molecular weight is 422 g/mol. The molecule has 0 spiro atoms. The first-order chi connectivity index (χ1) is 15.0. The predicted molar refractivity (Wildman–Crippen MR) is 114 cm³/mol. The van der Waals surface area contributed by atoms with Crippen molar-refractivity contribution in [1.29, 1.82) is 0 Å². The molecule has 1 aromatic carbocycles. The number of hydrogen-bond donors (Lipinski definition) is 0. The third kappa shape index (κ3) is 3.50. The number of carbonyl (C=O) groups is 2. The van der Waals surface area contributed by atoms with E-state index >= 15 is 0 Å². The molecule has 2 aliphatic heterocycles. The van der Waals surface area contributed by atoms with Gasteiger partial charge in [0.05, 0.1) is 31.4 Å². The third-order valence-electron chi connectivity index (χ3n) is 6.28. The number of imidazole rings is 1. The molecule has 0 unspecified atom stereocenters. The molecule has 8 nitrogen and oxygen atoms in total. The highest BCUT2D eigenvalue weighted by molar-refractivity contribution is 5.99. The Labute approximate surface area is 180 Å². The first-order valence-corrected chi connectivity index (χ1v) is 10.7. The number of ether oxygens (including phenoxy) is 1. The number of benzene rings is 1. The van der Waals surface area contributed by atoms with Crippen molar-refractivity contribution >= 4 is 22.8 Å². The number of carbonyl (C=O) groups excluding carboxylic acids is 2. The molecule has 8 heteroatoms. The van der Waals surface area contributed by atoms with Gasteiger partial charge in [0.15, 0.2) is 5.76 Å². The normalized spacial score (nSPS) is 19.0. The zero-order valence-electron chi connectivity index (χ0n) is 17.8. The van der Waals surface area contributed by atoms with Gasteiger partial charge in [-0.3, -0.25) is 9.59 Å². The van der Waals surface area contributed by atoms with Crippen molar-refractivity contribution in [3.05, 3.63) is 53.3 Å². The maximum absolute atomic E-state index is 13.3. The zero-order valence-corrected chi connectivity index (χ0v) is 17.8. The van der Waals surface area contributed by atoms with Crippen LogP contribution in [0.25, 0.3) is 11.0 Å². The summed E-state index contributed by atoms with van der Waals surface area (Å²) in [4.78, 5) is 34.3. The number of fused-ring (bicyclic) bond motifs is 2. The molecule has 2 amide bonds. The SMILES string of the molecule is Cc1c(C(=O)N2CCn3cc(CC(=O)N4CCOCC4)nc3[C@@H]2C)oc2ccccc12. The van der Waals surface area contributed by atoms with Gasteiger partial charge in [-0.2, -0.15) is 0 Å². The second kappa shape index (κ2) is 7.85. The number of amides is 2. The third-order valence-corrected chi connectivity index (χ3v) is 6.28. The monoisotopic (exact) mass is 422 g/mol. The van der Waals surface area contributed by atoms with E-state index in [9.17, 15) is 9.59 Å². The highest BCUT2D eigenvalue weighted by Gasteiger charge is 2.33. The van der Waals surface area contributed by atoms with E-state index in [2.05, 4.69) is 4.57 Å². The second-order valence-corrected chi connectivity index (χ2v) is 8.18. The van der Waals surface area contributed by atoms with E-state index in [0.717, 1.165) is 28.1 Å². The number of nitrogens with zero attached hydrogens (tertiary/aromatic N) is 4. The van der Waals surface area contributed by atoms with Gasteiger partial charge in [-0.25, -0.2) is 4.98 Å². The fourth-order valence-electron chi connectivity index (χ4n) is 4.50. The van der Waals surface area contributed by atoms with Crippen LogP contribution >= 0.6 is 0 Å². The summed E-state index contributed by atoms with van der Waals surface area (Å²) in [6.45, 7) is 7.52. The molecule has 1 atom stereocenters. The lowest BCUT2D eigenvalue weighted by Crippen LogP contribution is -2.41. The fraction of sp³-hybridized carbons (Fsp3) is 0.435. The number of rotatable bonds is 3. The summed E-state index contributed by atoms with van der Waals surface area (Å²) in [5, 5.41) is 0.959. The Kier molecular flexibility index (Phi) is 5.02. The van der Waals surface area contributed by atoms with Crippen LogP contribution in [0.3, 0.4) is 0 Å². The van der Waals surface area contributed by atoms with Crippen molar-refractivity contribution in [2.45, 2.75) is 32.9 Å². The molecule has 2 aromatic heterocycles. The van der Waals surface area contributed by atoms with Gasteiger partial charge in [0, 0.05) is 43.3 Å². The number of aromatic nitrogens is 2. The Morgan fingerprint density at radius 1 is 1.13 bits per heavy atom. The average Bonchev–Trinajstić information content (AvgIpc) is 3.36. The Bertz CT molecular complexity index is 1140. The van der Waals surface area contributed by atoms with Crippen molar-refractivity contribution in [2.75, 3.05) is 32.8 Å². The van der Waals surface area contributed by atoms with Gasteiger partial charge in [0.25, 0.3) is 5.91 Å². The number of furan rings is 1. The van der Waals surface area contributed by atoms with Gasteiger partial charge in [0.2, 0.25) is 5.91 Å². The van der Waals surface area contributed by atoms with Crippen LogP contribution in [0.4, 0.5) is 0 Å². The van der Waals surface area contributed by atoms with Crippen molar-refractivity contribution < 1.29 is 18.7 Å². The van der Waals surface area contributed by atoms with Crippen molar-refractivity contribution in [3.63, 3.8) is 0 Å². The number of aryl methyl sites for hydroxylation is 1. The second-order valence-electron chi connectivity index (χ2n) is 8.18. The molecule has 4 heterocycles. The lowest BCUT2D eigenvalue weighted by Gasteiger charge is -2.33. The zero-order chi connectivity index (χ0) is 21.5. The van der Waals surface area contributed by atoms with Crippen LogP contribution in [0.2, 0.25) is 0 Å². The predicted octanol–water partition coefficient (Wildman–Crippen LogP) is 2.56. The Morgan fingerprint density at radius 3 is 2.68 bits per heavy atom. The number of para-hydroxylation sites is 1. The lowest BCUT2D eigenvalue weighted by atomic mass is 10.1. The van der Waals surface area contributed by atoms with E-state index in [1.165, 1.54) is 0 Å². The molecule has 31 heavy (non-hydrogen) atoms. The topological polar surface area (TPSA) is 80.8 Å². The molecule has 5 rings (SSSR count). The summed E-state index contributed by atoms with van der Waals surface area (Å²) >= 11 is 0. The minimum absolute atomic E-state index is 0.0669. The highest BCUT2D eigenvalue weighted by atomic mass is 16.5. The molecule has 3 aromatic rings. The van der Waals surface area contributed by atoms with E-state index in [1.807, 2.05) is 49.2 Å². The van der Waals surface area contributed by atoms with Gasteiger partial charge < -0.3 is 23.5 Å². The smallest absolute Gasteiger partial charge is 0.290 e. The standard InChI is InChI=1S/C23H26N4O4/c1-15-18-5-3-4-6-19(18)31-21(15)23(29)27-8-7-26-14-17(24-22(26)16(27)2)13-20(28)25-9-11-30-12-10-25/h3-6,14,16H,7-13H2,1-2H3/t16-/m0/s1. The van der Waals surface area contributed by atoms with Crippen LogP contribution < -0.4 is 0 Å². The molecule has 0 saturated carbocycles. The van der Waals surface area contributed by atoms with Crippen LogP contribution in [-0.2, 0) is 22.5 Å².